The molecule has 3 aromatic rings. The molecule has 1 N–H and O–H groups in total. The average Bonchev–Trinajstić information content (AvgIpc) is 3.03. The van der Waals surface area contributed by atoms with E-state index in [1.165, 1.54) is 0 Å². The smallest absolute Gasteiger partial charge is 0.262 e. The Morgan fingerprint density at radius 1 is 1.19 bits per heavy atom. The number of aromatic nitrogens is 2. The quantitative estimate of drug-likeness (QED) is 0.707. The molecule has 3 rings (SSSR count). The van der Waals surface area contributed by atoms with Gasteiger partial charge in [0.25, 0.3) is 5.91 Å². The van der Waals surface area contributed by atoms with Crippen molar-refractivity contribution in [3.05, 3.63) is 54.5 Å². The Kier molecular flexibility index (Phi) is 5.41. The second-order valence-corrected chi connectivity index (χ2v) is 6.04. The van der Waals surface area contributed by atoms with Crippen LogP contribution in [0, 0.1) is 6.92 Å². The third kappa shape index (κ3) is 3.96. The first-order valence-corrected chi connectivity index (χ1v) is 8.82. The van der Waals surface area contributed by atoms with Crippen LogP contribution in [-0.4, -0.2) is 35.0 Å². The number of aryl methyl sites for hydroxylation is 1. The Morgan fingerprint density at radius 3 is 2.62 bits per heavy atom. The van der Waals surface area contributed by atoms with E-state index in [9.17, 15) is 4.79 Å². The highest BCUT2D eigenvalue weighted by atomic mass is 16.5. The highest BCUT2D eigenvalue weighted by molar-refractivity contribution is 5.92. The van der Waals surface area contributed by atoms with Crippen LogP contribution in [-0.2, 0) is 4.79 Å². The van der Waals surface area contributed by atoms with Gasteiger partial charge in [0.15, 0.2) is 18.0 Å². The van der Waals surface area contributed by atoms with E-state index in [1.54, 1.807) is 0 Å². The number of benzene rings is 1. The number of fused-ring (bicyclic) bond motifs is 1. The molecule has 0 aliphatic carbocycles. The van der Waals surface area contributed by atoms with Crippen molar-refractivity contribution in [3.8, 4) is 5.75 Å². The fourth-order valence-corrected chi connectivity index (χ4v) is 2.91. The van der Waals surface area contributed by atoms with Gasteiger partial charge in [-0.05, 0) is 57.2 Å². The van der Waals surface area contributed by atoms with Gasteiger partial charge in [-0.15, -0.1) is 0 Å². The van der Waals surface area contributed by atoms with Crippen molar-refractivity contribution in [1.29, 1.82) is 0 Å². The van der Waals surface area contributed by atoms with Crippen LogP contribution in [0.25, 0.3) is 5.65 Å². The lowest BCUT2D eigenvalue weighted by Gasteiger charge is -2.21. The molecule has 0 aliphatic rings. The lowest BCUT2D eigenvalue weighted by Crippen LogP contribution is -2.22. The topological polar surface area (TPSA) is 58.9 Å². The highest BCUT2D eigenvalue weighted by Gasteiger charge is 2.09. The van der Waals surface area contributed by atoms with E-state index >= 15 is 0 Å². The second-order valence-electron chi connectivity index (χ2n) is 6.04. The number of pyridine rings is 1. The molecule has 0 saturated heterocycles. The third-order valence-corrected chi connectivity index (χ3v) is 4.21. The largest absolute Gasteiger partial charge is 0.480 e. The molecule has 0 bridgehead atoms. The maximum absolute atomic E-state index is 12.2. The third-order valence-electron chi connectivity index (χ3n) is 4.21. The summed E-state index contributed by atoms with van der Waals surface area (Å²) in [7, 11) is 0. The predicted octanol–water partition coefficient (Wildman–Crippen LogP) is 3.51. The van der Waals surface area contributed by atoms with Crippen LogP contribution < -0.4 is 15.0 Å². The Morgan fingerprint density at radius 2 is 1.92 bits per heavy atom. The minimum absolute atomic E-state index is 0.0661. The molecular weight excluding hydrogens is 328 g/mol. The Labute approximate surface area is 153 Å². The van der Waals surface area contributed by atoms with E-state index in [0.717, 1.165) is 30.2 Å². The number of imidazole rings is 1. The standard InChI is InChI=1S/C20H24N4O2/c1-4-23(5-2)17-10-8-16(9-11-17)22-19(25)14-26-18-7-6-12-24-13-15(3)21-20(18)24/h6-13H,4-5,14H2,1-3H3,(H,22,25). The summed E-state index contributed by atoms with van der Waals surface area (Å²) in [6.07, 6.45) is 3.82. The van der Waals surface area contributed by atoms with Crippen LogP contribution in [0.3, 0.4) is 0 Å². The summed E-state index contributed by atoms with van der Waals surface area (Å²) in [4.78, 5) is 18.9. The minimum atomic E-state index is -0.203. The Hall–Kier alpha value is -3.02. The van der Waals surface area contributed by atoms with Gasteiger partial charge in [-0.25, -0.2) is 4.98 Å². The van der Waals surface area contributed by atoms with Gasteiger partial charge in [-0.2, -0.15) is 0 Å². The highest BCUT2D eigenvalue weighted by Crippen LogP contribution is 2.20. The zero-order valence-corrected chi connectivity index (χ0v) is 15.4. The molecule has 1 amide bonds. The van der Waals surface area contributed by atoms with Crippen LogP contribution in [0.2, 0.25) is 0 Å². The SMILES string of the molecule is CCN(CC)c1ccc(NC(=O)COc2cccn3cc(C)nc23)cc1. The van der Waals surface area contributed by atoms with Crippen molar-refractivity contribution in [1.82, 2.24) is 9.38 Å². The Balaban J connectivity index is 1.60. The van der Waals surface area contributed by atoms with Crippen LogP contribution in [0.5, 0.6) is 5.75 Å². The van der Waals surface area contributed by atoms with Crippen molar-refractivity contribution in [3.63, 3.8) is 0 Å². The molecule has 0 unspecified atom stereocenters. The van der Waals surface area contributed by atoms with E-state index in [1.807, 2.05) is 60.1 Å². The average molecular weight is 352 g/mol. The summed E-state index contributed by atoms with van der Waals surface area (Å²) in [5, 5.41) is 2.86. The monoisotopic (exact) mass is 352 g/mol. The lowest BCUT2D eigenvalue weighted by atomic mass is 10.2. The molecule has 0 aliphatic heterocycles. The molecule has 0 atom stereocenters. The molecule has 2 heterocycles. The second kappa shape index (κ2) is 7.91. The summed E-state index contributed by atoms with van der Waals surface area (Å²) < 4.78 is 7.54. The summed E-state index contributed by atoms with van der Waals surface area (Å²) in [6, 6.07) is 11.5. The minimum Gasteiger partial charge on any atom is -0.480 e. The van der Waals surface area contributed by atoms with Crippen molar-refractivity contribution in [2.75, 3.05) is 29.9 Å². The fourth-order valence-electron chi connectivity index (χ4n) is 2.91. The first kappa shape index (κ1) is 17.8. The number of hydrogen-bond acceptors (Lipinski definition) is 4. The maximum Gasteiger partial charge on any atom is 0.262 e. The molecule has 1 aromatic carbocycles. The van der Waals surface area contributed by atoms with Crippen LogP contribution in [0.1, 0.15) is 19.5 Å². The van der Waals surface area contributed by atoms with Crippen molar-refractivity contribution in [2.24, 2.45) is 0 Å². The summed E-state index contributed by atoms with van der Waals surface area (Å²) >= 11 is 0. The zero-order valence-electron chi connectivity index (χ0n) is 15.4. The normalized spacial score (nSPS) is 10.7. The van der Waals surface area contributed by atoms with Crippen LogP contribution in [0.4, 0.5) is 11.4 Å². The summed E-state index contributed by atoms with van der Waals surface area (Å²) in [5.74, 6) is 0.388. The van der Waals surface area contributed by atoms with Gasteiger partial charge >= 0.3 is 0 Å². The van der Waals surface area contributed by atoms with Gasteiger partial charge in [-0.1, -0.05) is 0 Å². The van der Waals surface area contributed by atoms with Gasteiger partial charge in [0.05, 0.1) is 5.69 Å². The molecule has 26 heavy (non-hydrogen) atoms. The van der Waals surface area contributed by atoms with E-state index in [0.29, 0.717) is 11.4 Å². The Bertz CT molecular complexity index is 882. The van der Waals surface area contributed by atoms with E-state index in [-0.39, 0.29) is 12.5 Å². The number of amides is 1. The van der Waals surface area contributed by atoms with Gasteiger partial charge < -0.3 is 19.4 Å². The van der Waals surface area contributed by atoms with Crippen molar-refractivity contribution in [2.45, 2.75) is 20.8 Å². The van der Waals surface area contributed by atoms with Gasteiger partial charge in [0.1, 0.15) is 0 Å². The van der Waals surface area contributed by atoms with Crippen molar-refractivity contribution >= 4 is 22.9 Å². The molecule has 0 radical (unpaired) electrons. The lowest BCUT2D eigenvalue weighted by molar-refractivity contribution is -0.118. The molecule has 6 heteroatoms. The van der Waals surface area contributed by atoms with Crippen molar-refractivity contribution < 1.29 is 9.53 Å². The van der Waals surface area contributed by atoms with Crippen LogP contribution in [0.15, 0.2) is 48.8 Å². The number of nitrogens with one attached hydrogen (secondary N) is 1. The molecular formula is C20H24N4O2. The molecule has 0 fully saturated rings. The van der Waals surface area contributed by atoms with Gasteiger partial charge in [-0.3, -0.25) is 4.79 Å². The van der Waals surface area contributed by atoms with Gasteiger partial charge in [0.2, 0.25) is 0 Å². The summed E-state index contributed by atoms with van der Waals surface area (Å²) in [6.45, 7) is 8.01. The first-order valence-electron chi connectivity index (χ1n) is 8.82. The van der Waals surface area contributed by atoms with E-state index < -0.39 is 0 Å². The number of carbonyl (C=O) groups excluding carboxylic acids is 1. The molecule has 136 valence electrons. The molecule has 0 spiro atoms. The fraction of sp³-hybridized carbons (Fsp3) is 0.300. The molecule has 2 aromatic heterocycles. The number of ether oxygens (including phenoxy) is 1. The predicted molar refractivity (Wildman–Crippen MR) is 104 cm³/mol. The number of hydrogen-bond donors (Lipinski definition) is 1. The van der Waals surface area contributed by atoms with E-state index in [2.05, 4.69) is 29.0 Å². The first-order chi connectivity index (χ1) is 12.6. The number of carbonyl (C=O) groups is 1. The zero-order chi connectivity index (χ0) is 18.5. The van der Waals surface area contributed by atoms with E-state index in [4.69, 9.17) is 4.74 Å². The number of nitrogens with zero attached hydrogens (tertiary/aromatic N) is 3. The molecule has 0 saturated carbocycles. The summed E-state index contributed by atoms with van der Waals surface area (Å²) in [5.41, 5.74) is 3.51. The van der Waals surface area contributed by atoms with Gasteiger partial charge in [0, 0.05) is 36.9 Å². The maximum atomic E-state index is 12.2. The number of rotatable bonds is 7. The molecule has 6 nitrogen and oxygen atoms in total. The van der Waals surface area contributed by atoms with Crippen LogP contribution >= 0.6 is 0 Å². The number of anilines is 2.